The molecule has 0 fully saturated rings. The van der Waals surface area contributed by atoms with Crippen molar-refractivity contribution in [1.82, 2.24) is 20.0 Å². The zero-order valence-corrected chi connectivity index (χ0v) is 20.3. The molecular formula is C24H29IN6. The number of hydrogen-bond donors (Lipinski definition) is 1. The van der Waals surface area contributed by atoms with E-state index < -0.39 is 0 Å². The van der Waals surface area contributed by atoms with Gasteiger partial charge in [-0.1, -0.05) is 42.5 Å². The number of para-hydroxylation sites is 1. The monoisotopic (exact) mass is 528 g/mol. The summed E-state index contributed by atoms with van der Waals surface area (Å²) in [5.74, 6) is 0.857. The highest BCUT2D eigenvalue weighted by atomic mass is 127. The molecule has 0 bridgehead atoms. The standard InChI is InChI=1S/C24H28N6.HI/c1-25-24(26-16-20-10-12-22(13-11-20)29-14-6-7-15-29)28(2)18-21-17-27-30(19-21)23-8-4-3-5-9-23;/h3-13,17,19H,14-16,18H2,1-2H3,(H,25,26);1H. The van der Waals surface area contributed by atoms with Gasteiger partial charge >= 0.3 is 0 Å². The normalized spacial score (nSPS) is 13.2. The minimum Gasteiger partial charge on any atom is -0.364 e. The maximum atomic E-state index is 4.48. The van der Waals surface area contributed by atoms with Crippen LogP contribution in [0.2, 0.25) is 0 Å². The number of aromatic nitrogens is 2. The molecule has 6 nitrogen and oxygen atoms in total. The maximum Gasteiger partial charge on any atom is 0.193 e. The second-order valence-electron chi connectivity index (χ2n) is 7.43. The van der Waals surface area contributed by atoms with Crippen molar-refractivity contribution in [3.8, 4) is 5.69 Å². The Hall–Kier alpha value is -2.81. The first-order chi connectivity index (χ1) is 14.7. The summed E-state index contributed by atoms with van der Waals surface area (Å²) < 4.78 is 1.90. The lowest BCUT2D eigenvalue weighted by molar-refractivity contribution is 0.476. The van der Waals surface area contributed by atoms with Gasteiger partial charge in [0.2, 0.25) is 0 Å². The van der Waals surface area contributed by atoms with Gasteiger partial charge in [0.05, 0.1) is 11.9 Å². The van der Waals surface area contributed by atoms with Crippen LogP contribution in [0.15, 0.2) is 84.1 Å². The van der Waals surface area contributed by atoms with E-state index >= 15 is 0 Å². The zero-order chi connectivity index (χ0) is 20.8. The molecule has 162 valence electrons. The van der Waals surface area contributed by atoms with Crippen molar-refractivity contribution >= 4 is 35.6 Å². The Morgan fingerprint density at radius 1 is 1.00 bits per heavy atom. The van der Waals surface area contributed by atoms with Gasteiger partial charge in [0.25, 0.3) is 0 Å². The number of nitrogens with one attached hydrogen (secondary N) is 1. The molecule has 0 unspecified atom stereocenters. The van der Waals surface area contributed by atoms with Crippen LogP contribution in [0.25, 0.3) is 5.69 Å². The van der Waals surface area contributed by atoms with E-state index in [1.54, 1.807) is 0 Å². The Morgan fingerprint density at radius 2 is 1.71 bits per heavy atom. The van der Waals surface area contributed by atoms with Gasteiger partial charge in [-0.25, -0.2) is 4.68 Å². The van der Waals surface area contributed by atoms with Gasteiger partial charge < -0.3 is 15.1 Å². The number of nitrogens with zero attached hydrogens (tertiary/aromatic N) is 5. The lowest BCUT2D eigenvalue weighted by Gasteiger charge is -2.22. The number of guanidine groups is 1. The van der Waals surface area contributed by atoms with Crippen LogP contribution in [0.5, 0.6) is 0 Å². The van der Waals surface area contributed by atoms with Gasteiger partial charge in [0.15, 0.2) is 5.96 Å². The Bertz CT molecular complexity index is 1000. The van der Waals surface area contributed by atoms with Gasteiger partial charge in [-0.15, -0.1) is 24.0 Å². The second kappa shape index (κ2) is 11.0. The quantitative estimate of drug-likeness (QED) is 0.227. The second-order valence-corrected chi connectivity index (χ2v) is 7.43. The summed E-state index contributed by atoms with van der Waals surface area (Å²) in [6.45, 7) is 3.46. The number of rotatable bonds is 6. The van der Waals surface area contributed by atoms with Crippen molar-refractivity contribution < 1.29 is 0 Å². The van der Waals surface area contributed by atoms with E-state index in [2.05, 4.69) is 67.8 Å². The van der Waals surface area contributed by atoms with Crippen LogP contribution in [-0.4, -0.2) is 47.8 Å². The first-order valence-electron chi connectivity index (χ1n) is 10.2. The van der Waals surface area contributed by atoms with Crippen LogP contribution < -0.4 is 10.2 Å². The third kappa shape index (κ3) is 5.88. The minimum absolute atomic E-state index is 0. The van der Waals surface area contributed by atoms with E-state index in [0.29, 0.717) is 0 Å². The molecule has 31 heavy (non-hydrogen) atoms. The Balaban J connectivity index is 0.00000272. The highest BCUT2D eigenvalue weighted by molar-refractivity contribution is 14.0. The van der Waals surface area contributed by atoms with Crippen molar-refractivity contribution in [2.75, 3.05) is 32.1 Å². The Labute approximate surface area is 201 Å². The molecule has 2 aromatic carbocycles. The van der Waals surface area contributed by atoms with E-state index in [0.717, 1.165) is 43.4 Å². The van der Waals surface area contributed by atoms with Gasteiger partial charge in [-0.05, 0) is 29.8 Å². The molecule has 1 aromatic heterocycles. The molecule has 0 radical (unpaired) electrons. The van der Waals surface area contributed by atoms with E-state index in [-0.39, 0.29) is 24.0 Å². The average molecular weight is 528 g/mol. The summed E-state index contributed by atoms with van der Waals surface area (Å²) in [5.41, 5.74) is 4.69. The zero-order valence-electron chi connectivity index (χ0n) is 18.0. The number of aliphatic imine (C=N–C) groups is 1. The fourth-order valence-electron chi connectivity index (χ4n) is 3.59. The Morgan fingerprint density at radius 3 is 2.39 bits per heavy atom. The lowest BCUT2D eigenvalue weighted by Crippen LogP contribution is -2.38. The van der Waals surface area contributed by atoms with Crippen molar-refractivity contribution in [1.29, 1.82) is 0 Å². The predicted octanol–water partition coefficient (Wildman–Crippen LogP) is 4.07. The molecule has 1 aliphatic heterocycles. The summed E-state index contributed by atoms with van der Waals surface area (Å²) in [4.78, 5) is 8.89. The third-order valence-electron chi connectivity index (χ3n) is 5.22. The highest BCUT2D eigenvalue weighted by Gasteiger charge is 2.10. The van der Waals surface area contributed by atoms with E-state index in [4.69, 9.17) is 0 Å². The molecule has 0 saturated carbocycles. The van der Waals surface area contributed by atoms with Gasteiger partial charge in [-0.3, -0.25) is 4.99 Å². The summed E-state index contributed by atoms with van der Waals surface area (Å²) >= 11 is 0. The number of anilines is 1. The molecule has 0 amide bonds. The molecule has 1 aliphatic rings. The van der Waals surface area contributed by atoms with Gasteiger partial charge in [0.1, 0.15) is 0 Å². The molecule has 2 heterocycles. The van der Waals surface area contributed by atoms with E-state index in [1.807, 2.05) is 55.3 Å². The number of benzene rings is 2. The van der Waals surface area contributed by atoms with Crippen LogP contribution in [0.1, 0.15) is 11.1 Å². The van der Waals surface area contributed by atoms with Crippen LogP contribution >= 0.6 is 24.0 Å². The van der Waals surface area contributed by atoms with E-state index in [1.165, 1.54) is 11.3 Å². The van der Waals surface area contributed by atoms with Crippen LogP contribution in [0.3, 0.4) is 0 Å². The third-order valence-corrected chi connectivity index (χ3v) is 5.22. The maximum absolute atomic E-state index is 4.48. The molecule has 0 spiro atoms. The summed E-state index contributed by atoms with van der Waals surface area (Å²) in [6.07, 6.45) is 8.38. The lowest BCUT2D eigenvalue weighted by atomic mass is 10.2. The Kier molecular flexibility index (Phi) is 8.11. The SMILES string of the molecule is CN=C(NCc1ccc(N2CC=CC2)cc1)N(C)Cc1cnn(-c2ccccc2)c1.I. The summed E-state index contributed by atoms with van der Waals surface area (Å²) in [7, 11) is 3.86. The predicted molar refractivity (Wildman–Crippen MR) is 138 cm³/mol. The van der Waals surface area contributed by atoms with Crippen LogP contribution in [0.4, 0.5) is 5.69 Å². The molecule has 7 heteroatoms. The van der Waals surface area contributed by atoms with E-state index in [9.17, 15) is 0 Å². The molecule has 4 rings (SSSR count). The molecular weight excluding hydrogens is 499 g/mol. The molecule has 3 aromatic rings. The van der Waals surface area contributed by atoms with Crippen molar-refractivity contribution in [2.45, 2.75) is 13.1 Å². The molecule has 0 saturated heterocycles. The smallest absolute Gasteiger partial charge is 0.193 e. The number of hydrogen-bond acceptors (Lipinski definition) is 3. The molecule has 0 aliphatic carbocycles. The van der Waals surface area contributed by atoms with Crippen molar-refractivity contribution in [3.05, 3.63) is 90.3 Å². The summed E-state index contributed by atoms with van der Waals surface area (Å²) in [6, 6.07) is 18.9. The summed E-state index contributed by atoms with van der Waals surface area (Å²) in [5, 5.41) is 7.94. The fraction of sp³-hybridized carbons (Fsp3) is 0.250. The fourth-order valence-corrected chi connectivity index (χ4v) is 3.59. The van der Waals surface area contributed by atoms with Gasteiger partial charge in [-0.2, -0.15) is 5.10 Å². The first kappa shape index (κ1) is 22.9. The van der Waals surface area contributed by atoms with Crippen LogP contribution in [0, 0.1) is 0 Å². The largest absolute Gasteiger partial charge is 0.364 e. The molecule has 0 atom stereocenters. The van der Waals surface area contributed by atoms with Crippen LogP contribution in [-0.2, 0) is 13.1 Å². The topological polar surface area (TPSA) is 48.7 Å². The van der Waals surface area contributed by atoms with Crippen molar-refractivity contribution in [2.24, 2.45) is 4.99 Å². The first-order valence-corrected chi connectivity index (χ1v) is 10.2. The van der Waals surface area contributed by atoms with Crippen molar-refractivity contribution in [3.63, 3.8) is 0 Å². The minimum atomic E-state index is 0. The average Bonchev–Trinajstić information content (AvgIpc) is 3.48. The van der Waals surface area contributed by atoms with Gasteiger partial charge in [0, 0.05) is 57.7 Å². The number of halogens is 1. The molecule has 1 N–H and O–H groups in total. The highest BCUT2D eigenvalue weighted by Crippen LogP contribution is 2.17.